The molecule has 0 aliphatic rings. The first-order chi connectivity index (χ1) is 12.2. The number of ketones is 1. The van der Waals surface area contributed by atoms with E-state index in [1.807, 2.05) is 54.6 Å². The van der Waals surface area contributed by atoms with Crippen LogP contribution in [0.25, 0.3) is 10.1 Å². The molecule has 0 aliphatic heterocycles. The van der Waals surface area contributed by atoms with E-state index in [0.29, 0.717) is 11.5 Å². The summed E-state index contributed by atoms with van der Waals surface area (Å²) in [4.78, 5) is 24.0. The van der Waals surface area contributed by atoms with Gasteiger partial charge in [0.25, 0.3) is 0 Å². The molecule has 128 valence electrons. The van der Waals surface area contributed by atoms with Gasteiger partial charge in [-0.2, -0.15) is 0 Å². The number of thiophene rings is 1. The van der Waals surface area contributed by atoms with Crippen molar-refractivity contribution in [3.05, 3.63) is 65.0 Å². The van der Waals surface area contributed by atoms with Crippen molar-refractivity contribution in [1.82, 2.24) is 0 Å². The topological polar surface area (TPSA) is 52.6 Å². The van der Waals surface area contributed by atoms with Crippen molar-refractivity contribution in [3.63, 3.8) is 0 Å². The predicted octanol–water partition coefficient (Wildman–Crippen LogP) is 4.62. The number of methoxy groups -OCH3 is 1. The average Bonchev–Trinajstić information content (AvgIpc) is 3.08. The minimum absolute atomic E-state index is 0.0432. The normalized spacial score (nSPS) is 10.6. The third kappa shape index (κ3) is 4.45. The summed E-state index contributed by atoms with van der Waals surface area (Å²) in [6.07, 6.45) is 0.270. The Morgan fingerprint density at radius 3 is 2.56 bits per heavy atom. The highest BCUT2D eigenvalue weighted by molar-refractivity contribution is 7.20. The third-order valence-corrected chi connectivity index (χ3v) is 4.94. The molecule has 0 fully saturated rings. The van der Waals surface area contributed by atoms with Gasteiger partial charge in [0.2, 0.25) is 0 Å². The monoisotopic (exact) mass is 354 g/mol. The molecule has 4 nitrogen and oxygen atoms in total. The molecule has 0 bridgehead atoms. The van der Waals surface area contributed by atoms with Gasteiger partial charge in [0.05, 0.1) is 18.4 Å². The summed E-state index contributed by atoms with van der Waals surface area (Å²) in [7, 11) is 1.32. The van der Waals surface area contributed by atoms with Crippen LogP contribution in [0.3, 0.4) is 0 Å². The molecular weight excluding hydrogens is 336 g/mol. The first-order valence-electron chi connectivity index (χ1n) is 7.96. The van der Waals surface area contributed by atoms with E-state index in [1.165, 1.54) is 18.4 Å². The Balaban J connectivity index is 1.68. The van der Waals surface area contributed by atoms with Crippen molar-refractivity contribution in [2.75, 3.05) is 7.11 Å². The van der Waals surface area contributed by atoms with Crippen LogP contribution < -0.4 is 4.74 Å². The van der Waals surface area contributed by atoms with E-state index < -0.39 is 0 Å². The van der Waals surface area contributed by atoms with Crippen molar-refractivity contribution < 1.29 is 19.1 Å². The molecule has 0 spiro atoms. The maximum atomic E-state index is 12.2. The molecule has 0 radical (unpaired) electrons. The zero-order chi connectivity index (χ0) is 17.6. The number of carbonyl (C=O) groups is 2. The number of fused-ring (bicyclic) bond motifs is 1. The average molecular weight is 354 g/mol. The van der Waals surface area contributed by atoms with Crippen molar-refractivity contribution >= 4 is 33.2 Å². The number of Topliss-reactive ketones (excluding diaryl/α,β-unsaturated/α-hetero) is 1. The quantitative estimate of drug-likeness (QED) is 0.459. The fourth-order valence-corrected chi connectivity index (χ4v) is 3.48. The van der Waals surface area contributed by atoms with E-state index >= 15 is 0 Å². The number of rotatable bonds is 7. The summed E-state index contributed by atoms with van der Waals surface area (Å²) in [5.41, 5.74) is 1.10. The van der Waals surface area contributed by atoms with E-state index in [0.717, 1.165) is 21.4 Å². The molecule has 2 aromatic carbocycles. The van der Waals surface area contributed by atoms with E-state index in [1.54, 1.807) is 0 Å². The second-order valence-corrected chi connectivity index (χ2v) is 6.67. The summed E-state index contributed by atoms with van der Waals surface area (Å²) >= 11 is 1.42. The molecule has 3 rings (SSSR count). The van der Waals surface area contributed by atoms with Crippen LogP contribution in [-0.2, 0) is 16.1 Å². The number of ether oxygens (including phenoxy) is 2. The first kappa shape index (κ1) is 17.2. The molecule has 0 saturated carbocycles. The van der Waals surface area contributed by atoms with Crippen LogP contribution in [0.15, 0.2) is 54.6 Å². The Labute approximate surface area is 150 Å². The minimum atomic E-state index is -0.369. The first-order valence-corrected chi connectivity index (χ1v) is 8.77. The Kier molecular flexibility index (Phi) is 5.46. The zero-order valence-electron chi connectivity index (χ0n) is 13.9. The van der Waals surface area contributed by atoms with Crippen LogP contribution in [0.4, 0.5) is 0 Å². The number of esters is 1. The molecule has 1 heterocycles. The Morgan fingerprint density at radius 2 is 1.80 bits per heavy atom. The zero-order valence-corrected chi connectivity index (χ0v) is 14.7. The van der Waals surface area contributed by atoms with Crippen LogP contribution in [0, 0.1) is 0 Å². The number of hydrogen-bond acceptors (Lipinski definition) is 5. The maximum absolute atomic E-state index is 12.2. The van der Waals surface area contributed by atoms with Crippen LogP contribution in [-0.4, -0.2) is 18.9 Å². The summed E-state index contributed by atoms with van der Waals surface area (Å²) in [5.74, 6) is 0.358. The lowest BCUT2D eigenvalue weighted by Gasteiger charge is -2.06. The lowest BCUT2D eigenvalue weighted by Crippen LogP contribution is -2.04. The lowest BCUT2D eigenvalue weighted by atomic mass is 10.1. The number of benzene rings is 2. The maximum Gasteiger partial charge on any atom is 0.305 e. The second kappa shape index (κ2) is 7.94. The van der Waals surface area contributed by atoms with Gasteiger partial charge in [0.15, 0.2) is 5.78 Å². The van der Waals surface area contributed by atoms with Crippen molar-refractivity contribution in [3.8, 4) is 5.75 Å². The predicted molar refractivity (Wildman–Crippen MR) is 98.2 cm³/mol. The van der Waals surface area contributed by atoms with Gasteiger partial charge in [-0.05, 0) is 35.2 Å². The van der Waals surface area contributed by atoms with Gasteiger partial charge in [-0.15, -0.1) is 11.3 Å². The van der Waals surface area contributed by atoms with Gasteiger partial charge in [0, 0.05) is 11.1 Å². The molecule has 25 heavy (non-hydrogen) atoms. The molecule has 0 unspecified atom stereocenters. The second-order valence-electron chi connectivity index (χ2n) is 5.58. The van der Waals surface area contributed by atoms with Gasteiger partial charge in [-0.3, -0.25) is 9.59 Å². The lowest BCUT2D eigenvalue weighted by molar-refractivity contribution is -0.140. The highest BCUT2D eigenvalue weighted by Crippen LogP contribution is 2.30. The summed E-state index contributed by atoms with van der Waals surface area (Å²) in [6.45, 7) is 0.503. The molecule has 0 saturated heterocycles. The standard InChI is InChI=1S/C20H18O4S/c1-23-20(22)10-9-17(21)19-11-15-7-8-16(12-18(15)25-19)24-13-14-5-3-2-4-6-14/h2-8,11-12H,9-10,13H2,1H3. The van der Waals surface area contributed by atoms with E-state index in [-0.39, 0.29) is 24.6 Å². The Bertz CT molecular complexity index is 883. The summed E-state index contributed by atoms with van der Waals surface area (Å²) in [5, 5.41) is 0.999. The van der Waals surface area contributed by atoms with Crippen molar-refractivity contribution in [2.24, 2.45) is 0 Å². The summed E-state index contributed by atoms with van der Waals surface area (Å²) in [6, 6.07) is 17.6. The number of hydrogen-bond donors (Lipinski definition) is 0. The van der Waals surface area contributed by atoms with Crippen LogP contribution in [0.5, 0.6) is 5.75 Å². The smallest absolute Gasteiger partial charge is 0.305 e. The van der Waals surface area contributed by atoms with E-state index in [2.05, 4.69) is 4.74 Å². The molecule has 0 amide bonds. The van der Waals surface area contributed by atoms with Gasteiger partial charge in [0.1, 0.15) is 12.4 Å². The highest BCUT2D eigenvalue weighted by atomic mass is 32.1. The van der Waals surface area contributed by atoms with Gasteiger partial charge >= 0.3 is 5.97 Å². The molecule has 5 heteroatoms. The van der Waals surface area contributed by atoms with Gasteiger partial charge in [-0.1, -0.05) is 30.3 Å². The number of carbonyl (C=O) groups excluding carboxylic acids is 2. The Morgan fingerprint density at radius 1 is 1.00 bits per heavy atom. The van der Waals surface area contributed by atoms with Gasteiger partial charge in [-0.25, -0.2) is 0 Å². The SMILES string of the molecule is COC(=O)CCC(=O)c1cc2ccc(OCc3ccccc3)cc2s1. The van der Waals surface area contributed by atoms with E-state index in [4.69, 9.17) is 4.74 Å². The van der Waals surface area contributed by atoms with Crippen LogP contribution >= 0.6 is 11.3 Å². The molecule has 0 atom stereocenters. The Hall–Kier alpha value is -2.66. The molecule has 0 aliphatic carbocycles. The summed E-state index contributed by atoms with van der Waals surface area (Å²) < 4.78 is 11.4. The van der Waals surface area contributed by atoms with Crippen molar-refractivity contribution in [2.45, 2.75) is 19.4 Å². The van der Waals surface area contributed by atoms with Crippen LogP contribution in [0.1, 0.15) is 28.1 Å². The molecule has 1 aromatic heterocycles. The fraction of sp³-hybridized carbons (Fsp3) is 0.200. The van der Waals surface area contributed by atoms with E-state index in [9.17, 15) is 9.59 Å². The molecule has 3 aromatic rings. The minimum Gasteiger partial charge on any atom is -0.489 e. The van der Waals surface area contributed by atoms with Crippen molar-refractivity contribution in [1.29, 1.82) is 0 Å². The highest BCUT2D eigenvalue weighted by Gasteiger charge is 2.13. The van der Waals surface area contributed by atoms with Gasteiger partial charge < -0.3 is 9.47 Å². The molecular formula is C20H18O4S. The third-order valence-electron chi connectivity index (χ3n) is 3.80. The van der Waals surface area contributed by atoms with Crippen LogP contribution in [0.2, 0.25) is 0 Å². The molecule has 0 N–H and O–H groups in total. The largest absolute Gasteiger partial charge is 0.489 e. The fourth-order valence-electron chi connectivity index (χ4n) is 2.42.